The summed E-state index contributed by atoms with van der Waals surface area (Å²) in [7, 11) is 0. The number of benzene rings is 2. The van der Waals surface area contributed by atoms with Crippen LogP contribution in [-0.4, -0.2) is 46.5 Å². The van der Waals surface area contributed by atoms with Crippen molar-refractivity contribution in [3.05, 3.63) is 71.0 Å². The van der Waals surface area contributed by atoms with Gasteiger partial charge in [0.1, 0.15) is 11.2 Å². The standard InChI is InChI=1S/C26H26N4O6/c1-4-34-24(32)19-12-20-23(31)30(18-9-10-21-22(11-18)36-15-35-21)26(3,14-29(20)28-19)25(33)27-13-17-7-5-16(2)6-8-17/h5-12H,4,13-15H2,1-3H3,(H,27,33). The predicted molar refractivity (Wildman–Crippen MR) is 129 cm³/mol. The summed E-state index contributed by atoms with van der Waals surface area (Å²) in [6, 6.07) is 14.3. The number of ether oxygens (including phenoxy) is 3. The first-order valence-electron chi connectivity index (χ1n) is 11.6. The zero-order valence-electron chi connectivity index (χ0n) is 20.2. The van der Waals surface area contributed by atoms with Crippen molar-refractivity contribution < 1.29 is 28.6 Å². The zero-order chi connectivity index (χ0) is 25.4. The molecule has 1 atom stereocenters. The van der Waals surface area contributed by atoms with Crippen LogP contribution in [0.3, 0.4) is 0 Å². The van der Waals surface area contributed by atoms with E-state index in [0.29, 0.717) is 17.2 Å². The van der Waals surface area contributed by atoms with Crippen molar-refractivity contribution in [2.24, 2.45) is 0 Å². The molecule has 0 spiro atoms. The number of carbonyl (C=O) groups is 3. The second-order valence-electron chi connectivity index (χ2n) is 8.91. The highest BCUT2D eigenvalue weighted by molar-refractivity contribution is 6.12. The van der Waals surface area contributed by atoms with Gasteiger partial charge in [-0.2, -0.15) is 5.10 Å². The Balaban J connectivity index is 1.52. The van der Waals surface area contributed by atoms with Crippen LogP contribution in [0.25, 0.3) is 0 Å². The maximum Gasteiger partial charge on any atom is 0.358 e. The maximum absolute atomic E-state index is 13.8. The Morgan fingerprint density at radius 1 is 1.11 bits per heavy atom. The van der Waals surface area contributed by atoms with Crippen LogP contribution >= 0.6 is 0 Å². The molecule has 3 aromatic rings. The summed E-state index contributed by atoms with van der Waals surface area (Å²) in [5, 5.41) is 7.24. The summed E-state index contributed by atoms with van der Waals surface area (Å²) < 4.78 is 17.3. The number of nitrogens with zero attached hydrogens (tertiary/aromatic N) is 3. The Labute approximate surface area is 207 Å². The minimum Gasteiger partial charge on any atom is -0.461 e. The number of rotatable bonds is 6. The molecule has 1 N–H and O–H groups in total. The molecular weight excluding hydrogens is 464 g/mol. The van der Waals surface area contributed by atoms with Gasteiger partial charge in [0.05, 0.1) is 13.2 Å². The number of nitrogens with one attached hydrogen (secondary N) is 1. The molecule has 2 aromatic carbocycles. The van der Waals surface area contributed by atoms with Gasteiger partial charge >= 0.3 is 5.97 Å². The summed E-state index contributed by atoms with van der Waals surface area (Å²) in [6.45, 7) is 5.94. The molecule has 0 bridgehead atoms. The van der Waals surface area contributed by atoms with Gasteiger partial charge in [0.25, 0.3) is 5.91 Å². The highest BCUT2D eigenvalue weighted by Crippen LogP contribution is 2.39. The molecular formula is C26H26N4O6. The number of aromatic nitrogens is 2. The van der Waals surface area contributed by atoms with Crippen molar-refractivity contribution in [3.8, 4) is 11.5 Å². The maximum atomic E-state index is 13.8. The highest BCUT2D eigenvalue weighted by Gasteiger charge is 2.49. The molecule has 5 rings (SSSR count). The number of esters is 1. The Morgan fingerprint density at radius 2 is 1.86 bits per heavy atom. The summed E-state index contributed by atoms with van der Waals surface area (Å²) in [6.07, 6.45) is 0. The monoisotopic (exact) mass is 490 g/mol. The van der Waals surface area contributed by atoms with E-state index < -0.39 is 17.4 Å². The molecule has 3 heterocycles. The molecule has 2 amide bonds. The SMILES string of the molecule is CCOC(=O)c1cc2n(n1)CC(C)(C(=O)NCc1ccc(C)cc1)N(c1ccc3c(c1)OCO3)C2=O. The lowest BCUT2D eigenvalue weighted by atomic mass is 9.93. The number of hydrogen-bond acceptors (Lipinski definition) is 7. The molecule has 2 aliphatic heterocycles. The van der Waals surface area contributed by atoms with E-state index in [1.165, 1.54) is 15.6 Å². The largest absolute Gasteiger partial charge is 0.461 e. The topological polar surface area (TPSA) is 112 Å². The van der Waals surface area contributed by atoms with Crippen LogP contribution < -0.4 is 19.7 Å². The fraction of sp³-hybridized carbons (Fsp3) is 0.308. The molecule has 0 aliphatic carbocycles. The molecule has 2 aliphatic rings. The van der Waals surface area contributed by atoms with Crippen LogP contribution in [0.4, 0.5) is 5.69 Å². The average Bonchev–Trinajstić information content (AvgIpc) is 3.50. The van der Waals surface area contributed by atoms with Crippen molar-refractivity contribution in [1.82, 2.24) is 15.1 Å². The molecule has 0 radical (unpaired) electrons. The first-order chi connectivity index (χ1) is 17.3. The third-order valence-electron chi connectivity index (χ3n) is 6.32. The molecule has 0 saturated heterocycles. The van der Waals surface area contributed by atoms with E-state index in [0.717, 1.165) is 11.1 Å². The molecule has 1 unspecified atom stereocenters. The number of aryl methyl sites for hydroxylation is 1. The number of anilines is 1. The van der Waals surface area contributed by atoms with E-state index in [9.17, 15) is 14.4 Å². The predicted octanol–water partition coefficient (Wildman–Crippen LogP) is 2.83. The molecule has 10 nitrogen and oxygen atoms in total. The van der Waals surface area contributed by atoms with Crippen LogP contribution in [0.2, 0.25) is 0 Å². The van der Waals surface area contributed by atoms with Gasteiger partial charge in [-0.05, 0) is 38.5 Å². The van der Waals surface area contributed by atoms with E-state index in [4.69, 9.17) is 14.2 Å². The summed E-state index contributed by atoms with van der Waals surface area (Å²) in [5.41, 5.74) is 1.34. The lowest BCUT2D eigenvalue weighted by molar-refractivity contribution is -0.126. The first-order valence-corrected chi connectivity index (χ1v) is 11.6. The zero-order valence-corrected chi connectivity index (χ0v) is 20.2. The quantitative estimate of drug-likeness (QED) is 0.529. The number of hydrogen-bond donors (Lipinski definition) is 1. The van der Waals surface area contributed by atoms with Gasteiger partial charge in [0.2, 0.25) is 12.7 Å². The lowest BCUT2D eigenvalue weighted by Gasteiger charge is -2.43. The van der Waals surface area contributed by atoms with Gasteiger partial charge < -0.3 is 19.5 Å². The van der Waals surface area contributed by atoms with Crippen molar-refractivity contribution in [2.75, 3.05) is 18.3 Å². The van der Waals surface area contributed by atoms with E-state index >= 15 is 0 Å². The van der Waals surface area contributed by atoms with Crippen molar-refractivity contribution in [1.29, 1.82) is 0 Å². The number of amides is 2. The summed E-state index contributed by atoms with van der Waals surface area (Å²) in [5.74, 6) is -0.436. The molecule has 0 fully saturated rings. The Bertz CT molecular complexity index is 1350. The second-order valence-corrected chi connectivity index (χ2v) is 8.91. The molecule has 186 valence electrons. The average molecular weight is 491 g/mol. The highest BCUT2D eigenvalue weighted by atomic mass is 16.7. The van der Waals surface area contributed by atoms with E-state index in [2.05, 4.69) is 10.4 Å². The normalized spacial score (nSPS) is 18.1. The van der Waals surface area contributed by atoms with Crippen LogP contribution in [0, 0.1) is 6.92 Å². The Morgan fingerprint density at radius 3 is 2.61 bits per heavy atom. The fourth-order valence-electron chi connectivity index (χ4n) is 4.39. The molecule has 0 saturated carbocycles. The van der Waals surface area contributed by atoms with Crippen molar-refractivity contribution in [3.63, 3.8) is 0 Å². The van der Waals surface area contributed by atoms with Crippen molar-refractivity contribution >= 4 is 23.5 Å². The Hall–Kier alpha value is -4.34. The number of carbonyl (C=O) groups excluding carboxylic acids is 3. The third kappa shape index (κ3) is 4.04. The molecule has 1 aromatic heterocycles. The first kappa shape index (κ1) is 23.4. The van der Waals surface area contributed by atoms with Gasteiger partial charge in [-0.1, -0.05) is 29.8 Å². The van der Waals surface area contributed by atoms with Crippen LogP contribution in [0.1, 0.15) is 46.0 Å². The van der Waals surface area contributed by atoms with Gasteiger partial charge in [-0.3, -0.25) is 19.2 Å². The second kappa shape index (κ2) is 9.03. The van der Waals surface area contributed by atoms with E-state index in [-0.39, 0.29) is 43.8 Å². The van der Waals surface area contributed by atoms with Crippen LogP contribution in [0.5, 0.6) is 11.5 Å². The van der Waals surface area contributed by atoms with E-state index in [1.807, 2.05) is 31.2 Å². The fourth-order valence-corrected chi connectivity index (χ4v) is 4.39. The van der Waals surface area contributed by atoms with Gasteiger partial charge in [-0.25, -0.2) is 4.79 Å². The molecule has 10 heteroatoms. The summed E-state index contributed by atoms with van der Waals surface area (Å²) >= 11 is 0. The minimum absolute atomic E-state index is 0.00940. The van der Waals surface area contributed by atoms with E-state index in [1.54, 1.807) is 32.0 Å². The van der Waals surface area contributed by atoms with Crippen molar-refractivity contribution in [2.45, 2.75) is 39.4 Å². The number of fused-ring (bicyclic) bond motifs is 2. The Kier molecular flexibility index (Phi) is 5.87. The van der Waals surface area contributed by atoms with Gasteiger partial charge in [-0.15, -0.1) is 0 Å². The van der Waals surface area contributed by atoms with Gasteiger partial charge in [0, 0.05) is 24.4 Å². The molecule has 36 heavy (non-hydrogen) atoms. The van der Waals surface area contributed by atoms with Crippen LogP contribution in [-0.2, 0) is 22.6 Å². The van der Waals surface area contributed by atoms with Crippen LogP contribution in [0.15, 0.2) is 48.5 Å². The summed E-state index contributed by atoms with van der Waals surface area (Å²) in [4.78, 5) is 41.2. The smallest absolute Gasteiger partial charge is 0.358 e. The minimum atomic E-state index is -1.36. The van der Waals surface area contributed by atoms with Gasteiger partial charge in [0.15, 0.2) is 17.2 Å². The lowest BCUT2D eigenvalue weighted by Crippen LogP contribution is -2.64. The third-order valence-corrected chi connectivity index (χ3v) is 6.32.